The van der Waals surface area contributed by atoms with Gasteiger partial charge in [0.15, 0.2) is 5.76 Å². The van der Waals surface area contributed by atoms with Crippen LogP contribution >= 0.6 is 0 Å². The molecule has 0 bridgehead atoms. The third-order valence-electron chi connectivity index (χ3n) is 5.98. The molecule has 2 aromatic carbocycles. The summed E-state index contributed by atoms with van der Waals surface area (Å²) < 4.78 is 58.2. The SMILES string of the molecule is O=C(NCC(=O)N1CCN(C(=O)c2ccccc2C(F)(F)F)CC1)c1ccc(-c2cccc(CF)c2)o1. The van der Waals surface area contributed by atoms with Crippen LogP contribution < -0.4 is 5.32 Å². The van der Waals surface area contributed by atoms with Gasteiger partial charge >= 0.3 is 6.18 Å². The van der Waals surface area contributed by atoms with E-state index in [1.54, 1.807) is 30.3 Å². The molecule has 0 unspecified atom stereocenters. The molecule has 1 saturated heterocycles. The van der Waals surface area contributed by atoms with Gasteiger partial charge in [0, 0.05) is 31.7 Å². The molecule has 0 atom stereocenters. The van der Waals surface area contributed by atoms with Gasteiger partial charge in [-0.3, -0.25) is 14.4 Å². The molecule has 2 heterocycles. The van der Waals surface area contributed by atoms with Crippen LogP contribution in [0.1, 0.15) is 32.0 Å². The Morgan fingerprint density at radius 1 is 0.892 bits per heavy atom. The number of furan rings is 1. The van der Waals surface area contributed by atoms with Crippen molar-refractivity contribution in [1.82, 2.24) is 15.1 Å². The van der Waals surface area contributed by atoms with E-state index in [2.05, 4.69) is 5.32 Å². The van der Waals surface area contributed by atoms with Crippen molar-refractivity contribution in [1.29, 1.82) is 0 Å². The largest absolute Gasteiger partial charge is 0.451 e. The number of halogens is 4. The maximum atomic E-state index is 13.3. The second kappa shape index (κ2) is 10.9. The second-order valence-corrected chi connectivity index (χ2v) is 8.40. The van der Waals surface area contributed by atoms with Crippen LogP contribution in [-0.2, 0) is 17.6 Å². The molecular weight excluding hydrogens is 494 g/mol. The van der Waals surface area contributed by atoms with Gasteiger partial charge in [-0.15, -0.1) is 0 Å². The zero-order valence-electron chi connectivity index (χ0n) is 19.6. The fourth-order valence-electron chi connectivity index (χ4n) is 4.02. The number of nitrogens with zero attached hydrogens (tertiary/aromatic N) is 2. The lowest BCUT2D eigenvalue weighted by atomic mass is 10.1. The van der Waals surface area contributed by atoms with Crippen LogP contribution in [0, 0.1) is 0 Å². The Bertz CT molecular complexity index is 1300. The summed E-state index contributed by atoms with van der Waals surface area (Å²) in [5.41, 5.74) is -0.360. The highest BCUT2D eigenvalue weighted by Gasteiger charge is 2.36. The number of nitrogens with one attached hydrogen (secondary N) is 1. The maximum Gasteiger partial charge on any atom is 0.417 e. The topological polar surface area (TPSA) is 82.9 Å². The zero-order valence-corrected chi connectivity index (χ0v) is 19.6. The highest BCUT2D eigenvalue weighted by Crippen LogP contribution is 2.32. The lowest BCUT2D eigenvalue weighted by Crippen LogP contribution is -2.52. The third kappa shape index (κ3) is 5.99. The molecule has 11 heteroatoms. The first-order valence-electron chi connectivity index (χ1n) is 11.4. The molecule has 0 radical (unpaired) electrons. The van der Waals surface area contributed by atoms with E-state index in [4.69, 9.17) is 4.42 Å². The second-order valence-electron chi connectivity index (χ2n) is 8.40. The lowest BCUT2D eigenvalue weighted by molar-refractivity contribution is -0.138. The van der Waals surface area contributed by atoms with Gasteiger partial charge in [0.25, 0.3) is 11.8 Å². The third-order valence-corrected chi connectivity index (χ3v) is 5.98. The van der Waals surface area contributed by atoms with Crippen LogP contribution in [0.5, 0.6) is 0 Å². The van der Waals surface area contributed by atoms with Crippen molar-refractivity contribution in [2.24, 2.45) is 0 Å². The minimum absolute atomic E-state index is 0.0211. The number of hydrogen-bond donors (Lipinski definition) is 1. The maximum absolute atomic E-state index is 13.3. The average Bonchev–Trinajstić information content (AvgIpc) is 3.41. The first kappa shape index (κ1) is 25.9. The Balaban J connectivity index is 1.29. The predicted molar refractivity (Wildman–Crippen MR) is 125 cm³/mol. The Kier molecular flexibility index (Phi) is 7.61. The molecule has 1 N–H and O–H groups in total. The van der Waals surface area contributed by atoms with E-state index in [1.807, 2.05) is 0 Å². The monoisotopic (exact) mass is 517 g/mol. The molecule has 3 amide bonds. The Morgan fingerprint density at radius 2 is 1.59 bits per heavy atom. The molecule has 1 aromatic heterocycles. The molecule has 1 aliphatic heterocycles. The van der Waals surface area contributed by atoms with E-state index in [0.29, 0.717) is 16.9 Å². The molecule has 1 aliphatic rings. The van der Waals surface area contributed by atoms with Crippen molar-refractivity contribution in [3.05, 3.63) is 83.1 Å². The van der Waals surface area contributed by atoms with Crippen molar-refractivity contribution >= 4 is 17.7 Å². The highest BCUT2D eigenvalue weighted by molar-refractivity contribution is 5.96. The summed E-state index contributed by atoms with van der Waals surface area (Å²) in [6, 6.07) is 14.2. The van der Waals surface area contributed by atoms with Crippen LogP contribution in [0.4, 0.5) is 17.6 Å². The van der Waals surface area contributed by atoms with Gasteiger partial charge in [0.2, 0.25) is 5.91 Å². The molecule has 194 valence electrons. The number of rotatable bonds is 6. The predicted octanol–water partition coefficient (Wildman–Crippen LogP) is 4.15. The van der Waals surface area contributed by atoms with Gasteiger partial charge in [-0.05, 0) is 35.9 Å². The van der Waals surface area contributed by atoms with Crippen LogP contribution in [-0.4, -0.2) is 60.2 Å². The minimum Gasteiger partial charge on any atom is -0.451 e. The molecule has 1 fully saturated rings. The number of alkyl halides is 4. The minimum atomic E-state index is -4.66. The summed E-state index contributed by atoms with van der Waals surface area (Å²) >= 11 is 0. The van der Waals surface area contributed by atoms with E-state index in [0.717, 1.165) is 12.1 Å². The first-order chi connectivity index (χ1) is 17.7. The smallest absolute Gasteiger partial charge is 0.417 e. The van der Waals surface area contributed by atoms with E-state index >= 15 is 0 Å². The van der Waals surface area contributed by atoms with Crippen LogP contribution in [0.3, 0.4) is 0 Å². The van der Waals surface area contributed by atoms with Crippen LogP contribution in [0.25, 0.3) is 11.3 Å². The first-order valence-corrected chi connectivity index (χ1v) is 11.4. The number of carbonyl (C=O) groups excluding carboxylic acids is 3. The van der Waals surface area contributed by atoms with E-state index in [-0.39, 0.29) is 38.5 Å². The van der Waals surface area contributed by atoms with E-state index in [1.165, 1.54) is 28.0 Å². The number of amides is 3. The summed E-state index contributed by atoms with van der Waals surface area (Å²) in [5.74, 6) is -1.41. The van der Waals surface area contributed by atoms with Crippen LogP contribution in [0.2, 0.25) is 0 Å². The van der Waals surface area contributed by atoms with Gasteiger partial charge in [-0.1, -0.05) is 30.3 Å². The molecule has 0 aliphatic carbocycles. The Labute approximate surface area is 209 Å². The van der Waals surface area contributed by atoms with Gasteiger partial charge in [-0.2, -0.15) is 13.2 Å². The van der Waals surface area contributed by atoms with Crippen molar-refractivity contribution in [3.63, 3.8) is 0 Å². The standard InChI is InChI=1S/C26H23F4N3O4/c27-15-17-4-3-5-18(14-17)21-8-9-22(37-21)24(35)31-16-23(34)32-10-12-33(13-11-32)25(36)19-6-1-2-7-20(19)26(28,29)30/h1-9,14H,10-13,15-16H2,(H,31,35). The number of piperazine rings is 1. The summed E-state index contributed by atoms with van der Waals surface area (Å²) in [7, 11) is 0. The normalized spacial score (nSPS) is 13.9. The fourth-order valence-corrected chi connectivity index (χ4v) is 4.02. The fraction of sp³-hybridized carbons (Fsp3) is 0.269. The summed E-state index contributed by atoms with van der Waals surface area (Å²) in [6.45, 7) is -0.604. The van der Waals surface area contributed by atoms with Crippen molar-refractivity contribution in [2.75, 3.05) is 32.7 Å². The molecular formula is C26H23F4N3O4. The van der Waals surface area contributed by atoms with E-state index in [9.17, 15) is 31.9 Å². The molecule has 0 spiro atoms. The number of hydrogen-bond acceptors (Lipinski definition) is 4. The van der Waals surface area contributed by atoms with Crippen LogP contribution in [0.15, 0.2) is 65.1 Å². The quantitative estimate of drug-likeness (QED) is 0.498. The van der Waals surface area contributed by atoms with Gasteiger partial charge in [0.05, 0.1) is 17.7 Å². The van der Waals surface area contributed by atoms with Crippen molar-refractivity contribution < 1.29 is 36.4 Å². The van der Waals surface area contributed by atoms with E-state index < -0.39 is 41.7 Å². The summed E-state index contributed by atoms with van der Waals surface area (Å²) in [5, 5.41) is 2.48. The number of benzene rings is 2. The summed E-state index contributed by atoms with van der Waals surface area (Å²) in [6.07, 6.45) is -4.66. The molecule has 37 heavy (non-hydrogen) atoms. The Hall–Kier alpha value is -4.15. The molecule has 0 saturated carbocycles. The average molecular weight is 517 g/mol. The zero-order chi connectivity index (χ0) is 26.6. The Morgan fingerprint density at radius 3 is 2.30 bits per heavy atom. The van der Waals surface area contributed by atoms with Crippen molar-refractivity contribution in [3.8, 4) is 11.3 Å². The van der Waals surface area contributed by atoms with Crippen molar-refractivity contribution in [2.45, 2.75) is 12.9 Å². The van der Waals surface area contributed by atoms with Gasteiger partial charge in [-0.25, -0.2) is 4.39 Å². The number of carbonyl (C=O) groups is 3. The molecule has 3 aromatic rings. The summed E-state index contributed by atoms with van der Waals surface area (Å²) in [4.78, 5) is 40.4. The highest BCUT2D eigenvalue weighted by atomic mass is 19.4. The molecule has 7 nitrogen and oxygen atoms in total. The molecule has 4 rings (SSSR count). The van der Waals surface area contributed by atoms with Gasteiger partial charge < -0.3 is 19.5 Å². The van der Waals surface area contributed by atoms with Gasteiger partial charge in [0.1, 0.15) is 12.4 Å². The lowest BCUT2D eigenvalue weighted by Gasteiger charge is -2.35.